The molecular formula is C12H19F2N3O. The van der Waals surface area contributed by atoms with Crippen molar-refractivity contribution in [2.45, 2.75) is 19.9 Å². The van der Waals surface area contributed by atoms with Crippen LogP contribution in [0, 0.1) is 0 Å². The fourth-order valence-corrected chi connectivity index (χ4v) is 1.68. The Bertz CT molecular complexity index is 350. The van der Waals surface area contributed by atoms with E-state index >= 15 is 0 Å². The molecule has 0 amide bonds. The van der Waals surface area contributed by atoms with E-state index in [1.165, 1.54) is 4.90 Å². The summed E-state index contributed by atoms with van der Waals surface area (Å²) >= 11 is 0. The highest BCUT2D eigenvalue weighted by Crippen LogP contribution is 2.10. The number of anilines is 1. The first-order valence-corrected chi connectivity index (χ1v) is 5.95. The van der Waals surface area contributed by atoms with Crippen LogP contribution in [0.1, 0.15) is 12.6 Å². The molecule has 0 aliphatic carbocycles. The summed E-state index contributed by atoms with van der Waals surface area (Å²) in [6, 6.07) is 3.66. The summed E-state index contributed by atoms with van der Waals surface area (Å²) in [6.45, 7) is 2.81. The number of pyridine rings is 1. The molecule has 102 valence electrons. The van der Waals surface area contributed by atoms with E-state index in [1.54, 1.807) is 6.20 Å². The minimum atomic E-state index is -2.41. The first-order chi connectivity index (χ1) is 8.65. The van der Waals surface area contributed by atoms with Gasteiger partial charge in [0.1, 0.15) is 0 Å². The van der Waals surface area contributed by atoms with Gasteiger partial charge in [-0.05, 0) is 19.1 Å². The first kappa shape index (κ1) is 14.8. The lowest BCUT2D eigenvalue weighted by Gasteiger charge is -2.20. The average Bonchev–Trinajstić information content (AvgIpc) is 2.29. The molecule has 0 saturated carbocycles. The SMILES string of the molecule is CCNc1ccnc(CN(CCO)CC(F)F)c1. The number of aromatic nitrogens is 1. The van der Waals surface area contributed by atoms with Gasteiger partial charge in [0.2, 0.25) is 0 Å². The lowest BCUT2D eigenvalue weighted by atomic mass is 10.3. The fraction of sp³-hybridized carbons (Fsp3) is 0.583. The summed E-state index contributed by atoms with van der Waals surface area (Å²) in [7, 11) is 0. The van der Waals surface area contributed by atoms with Crippen molar-refractivity contribution in [2.75, 3.05) is 31.6 Å². The third-order valence-electron chi connectivity index (χ3n) is 2.40. The van der Waals surface area contributed by atoms with Crippen LogP contribution >= 0.6 is 0 Å². The van der Waals surface area contributed by atoms with E-state index < -0.39 is 6.43 Å². The van der Waals surface area contributed by atoms with Gasteiger partial charge in [-0.25, -0.2) is 8.78 Å². The highest BCUT2D eigenvalue weighted by atomic mass is 19.3. The van der Waals surface area contributed by atoms with Crippen molar-refractivity contribution in [3.05, 3.63) is 24.0 Å². The van der Waals surface area contributed by atoms with Gasteiger partial charge in [-0.2, -0.15) is 0 Å². The van der Waals surface area contributed by atoms with E-state index in [-0.39, 0.29) is 19.7 Å². The second-order valence-corrected chi connectivity index (χ2v) is 3.92. The van der Waals surface area contributed by atoms with E-state index in [9.17, 15) is 8.78 Å². The number of aliphatic hydroxyl groups is 1. The number of alkyl halides is 2. The van der Waals surface area contributed by atoms with Crippen LogP contribution in [-0.2, 0) is 6.54 Å². The van der Waals surface area contributed by atoms with E-state index in [2.05, 4.69) is 10.3 Å². The van der Waals surface area contributed by atoms with Crippen LogP contribution in [-0.4, -0.2) is 47.7 Å². The van der Waals surface area contributed by atoms with Crippen molar-refractivity contribution in [3.63, 3.8) is 0 Å². The molecule has 18 heavy (non-hydrogen) atoms. The minimum Gasteiger partial charge on any atom is -0.395 e. The Balaban J connectivity index is 2.64. The molecule has 0 aromatic carbocycles. The maximum absolute atomic E-state index is 12.4. The van der Waals surface area contributed by atoms with Crippen LogP contribution in [0.3, 0.4) is 0 Å². The number of halogens is 2. The number of hydrogen-bond acceptors (Lipinski definition) is 4. The summed E-state index contributed by atoms with van der Waals surface area (Å²) in [5.41, 5.74) is 1.63. The Morgan fingerprint density at radius 2 is 2.28 bits per heavy atom. The maximum Gasteiger partial charge on any atom is 0.251 e. The van der Waals surface area contributed by atoms with Crippen molar-refractivity contribution >= 4 is 5.69 Å². The predicted molar refractivity (Wildman–Crippen MR) is 66.8 cm³/mol. The molecule has 0 spiro atoms. The quantitative estimate of drug-likeness (QED) is 0.744. The van der Waals surface area contributed by atoms with Crippen LogP contribution in [0.25, 0.3) is 0 Å². The zero-order valence-electron chi connectivity index (χ0n) is 10.4. The summed E-state index contributed by atoms with van der Waals surface area (Å²) in [5.74, 6) is 0. The van der Waals surface area contributed by atoms with Gasteiger partial charge in [0, 0.05) is 31.5 Å². The van der Waals surface area contributed by atoms with Gasteiger partial charge in [-0.15, -0.1) is 0 Å². The lowest BCUT2D eigenvalue weighted by molar-refractivity contribution is 0.0740. The van der Waals surface area contributed by atoms with Gasteiger partial charge in [0.05, 0.1) is 18.8 Å². The zero-order valence-corrected chi connectivity index (χ0v) is 10.4. The van der Waals surface area contributed by atoms with Gasteiger partial charge >= 0.3 is 0 Å². The van der Waals surface area contributed by atoms with Crippen LogP contribution < -0.4 is 5.32 Å². The number of hydrogen-bond donors (Lipinski definition) is 2. The summed E-state index contributed by atoms with van der Waals surface area (Å²) in [6.07, 6.45) is -0.763. The second-order valence-electron chi connectivity index (χ2n) is 3.92. The third-order valence-corrected chi connectivity index (χ3v) is 2.40. The molecular weight excluding hydrogens is 240 g/mol. The molecule has 1 heterocycles. The standard InChI is InChI=1S/C12H19F2N3O/c1-2-15-10-3-4-16-11(7-10)8-17(5-6-18)9-12(13)14/h3-4,7,12,18H,2,5-6,8-9H2,1H3,(H,15,16). The molecule has 0 aliphatic heterocycles. The molecule has 2 N–H and O–H groups in total. The van der Waals surface area contributed by atoms with Crippen molar-refractivity contribution in [2.24, 2.45) is 0 Å². The highest BCUT2D eigenvalue weighted by molar-refractivity contribution is 5.42. The molecule has 1 aromatic rings. The molecule has 1 rings (SSSR count). The molecule has 1 aromatic heterocycles. The fourth-order valence-electron chi connectivity index (χ4n) is 1.68. The Labute approximate surface area is 106 Å². The summed E-state index contributed by atoms with van der Waals surface area (Å²) in [4.78, 5) is 5.63. The van der Waals surface area contributed by atoms with E-state index in [0.717, 1.165) is 12.2 Å². The molecule has 0 bridgehead atoms. The van der Waals surface area contributed by atoms with Crippen molar-refractivity contribution in [3.8, 4) is 0 Å². The molecule has 0 fully saturated rings. The highest BCUT2D eigenvalue weighted by Gasteiger charge is 2.12. The molecule has 0 atom stereocenters. The molecule has 6 heteroatoms. The maximum atomic E-state index is 12.4. The lowest BCUT2D eigenvalue weighted by Crippen LogP contribution is -2.31. The first-order valence-electron chi connectivity index (χ1n) is 5.95. The van der Waals surface area contributed by atoms with E-state index in [1.807, 2.05) is 19.1 Å². The van der Waals surface area contributed by atoms with E-state index in [0.29, 0.717) is 12.2 Å². The largest absolute Gasteiger partial charge is 0.395 e. The van der Waals surface area contributed by atoms with Crippen LogP contribution in [0.4, 0.5) is 14.5 Å². The second kappa shape index (κ2) is 7.94. The van der Waals surface area contributed by atoms with Crippen molar-refractivity contribution in [1.29, 1.82) is 0 Å². The van der Waals surface area contributed by atoms with Crippen molar-refractivity contribution < 1.29 is 13.9 Å². The van der Waals surface area contributed by atoms with Gasteiger partial charge in [-0.1, -0.05) is 0 Å². The third kappa shape index (κ3) is 5.37. The van der Waals surface area contributed by atoms with Gasteiger partial charge < -0.3 is 10.4 Å². The summed E-state index contributed by atoms with van der Waals surface area (Å²) < 4.78 is 24.7. The smallest absolute Gasteiger partial charge is 0.251 e. The number of rotatable bonds is 8. The molecule has 0 unspecified atom stereocenters. The Morgan fingerprint density at radius 1 is 1.50 bits per heavy atom. The monoisotopic (exact) mass is 259 g/mol. The Hall–Kier alpha value is -1.27. The zero-order chi connectivity index (χ0) is 13.4. The molecule has 0 saturated heterocycles. The van der Waals surface area contributed by atoms with Crippen molar-refractivity contribution in [1.82, 2.24) is 9.88 Å². The van der Waals surface area contributed by atoms with Gasteiger partial charge in [0.15, 0.2) is 0 Å². The number of aliphatic hydroxyl groups excluding tert-OH is 1. The van der Waals surface area contributed by atoms with E-state index in [4.69, 9.17) is 5.11 Å². The number of nitrogens with one attached hydrogen (secondary N) is 1. The van der Waals surface area contributed by atoms with Gasteiger partial charge in [0.25, 0.3) is 6.43 Å². The molecule has 0 radical (unpaired) electrons. The minimum absolute atomic E-state index is 0.139. The average molecular weight is 259 g/mol. The Kier molecular flexibility index (Phi) is 6.53. The van der Waals surface area contributed by atoms with Crippen LogP contribution in [0.5, 0.6) is 0 Å². The molecule has 0 aliphatic rings. The summed E-state index contributed by atoms with van der Waals surface area (Å²) in [5, 5.41) is 12.0. The Morgan fingerprint density at radius 3 is 2.89 bits per heavy atom. The molecule has 4 nitrogen and oxygen atoms in total. The van der Waals surface area contributed by atoms with Gasteiger partial charge in [-0.3, -0.25) is 9.88 Å². The van der Waals surface area contributed by atoms with Crippen LogP contribution in [0.15, 0.2) is 18.3 Å². The normalized spacial score (nSPS) is 11.2. The topological polar surface area (TPSA) is 48.4 Å². The predicted octanol–water partition coefficient (Wildman–Crippen LogP) is 1.57. The van der Waals surface area contributed by atoms with Crippen LogP contribution in [0.2, 0.25) is 0 Å². The number of nitrogens with zero attached hydrogens (tertiary/aromatic N) is 2.